The molecule has 1 aromatic heterocycles. The lowest BCUT2D eigenvalue weighted by atomic mass is 10.2. The van der Waals surface area contributed by atoms with Gasteiger partial charge >= 0.3 is 0 Å². The topological polar surface area (TPSA) is 58.8 Å². The van der Waals surface area contributed by atoms with Gasteiger partial charge in [0.15, 0.2) is 5.76 Å². The van der Waals surface area contributed by atoms with Gasteiger partial charge < -0.3 is 14.1 Å². The molecule has 0 saturated carbocycles. The molecule has 0 unspecified atom stereocenters. The first kappa shape index (κ1) is 17.5. The number of piperazine rings is 1. The van der Waals surface area contributed by atoms with Crippen molar-refractivity contribution in [1.29, 1.82) is 0 Å². The van der Waals surface area contributed by atoms with Gasteiger partial charge in [0.05, 0.1) is 12.7 Å². The SMILES string of the molecule is O=C([C@@H]1CCCO1)N1CCN(Cc2ncc(-c3cccc(Cl)c3)o2)CC1. The quantitative estimate of drug-likeness (QED) is 0.822. The van der Waals surface area contributed by atoms with Crippen LogP contribution in [0.4, 0.5) is 0 Å². The number of rotatable bonds is 4. The Kier molecular flexibility index (Phi) is 5.24. The summed E-state index contributed by atoms with van der Waals surface area (Å²) in [4.78, 5) is 20.9. The Morgan fingerprint density at radius 3 is 2.85 bits per heavy atom. The number of carbonyl (C=O) groups excluding carboxylic acids is 1. The van der Waals surface area contributed by atoms with E-state index in [1.165, 1.54) is 0 Å². The van der Waals surface area contributed by atoms with Gasteiger partial charge in [0.2, 0.25) is 5.89 Å². The third-order valence-corrected chi connectivity index (χ3v) is 5.15. The second-order valence-corrected chi connectivity index (χ2v) is 7.17. The second-order valence-electron chi connectivity index (χ2n) is 6.73. The van der Waals surface area contributed by atoms with Crippen LogP contribution in [0, 0.1) is 0 Å². The van der Waals surface area contributed by atoms with Crippen LogP contribution in [0.2, 0.25) is 5.02 Å². The van der Waals surface area contributed by atoms with Crippen LogP contribution in [0.3, 0.4) is 0 Å². The van der Waals surface area contributed by atoms with Crippen LogP contribution in [0.5, 0.6) is 0 Å². The number of halogens is 1. The van der Waals surface area contributed by atoms with Crippen LogP contribution in [0.15, 0.2) is 34.9 Å². The highest BCUT2D eigenvalue weighted by Gasteiger charge is 2.30. The van der Waals surface area contributed by atoms with Gasteiger partial charge in [-0.2, -0.15) is 0 Å². The maximum absolute atomic E-state index is 12.4. The Bertz CT molecular complexity index is 765. The molecule has 2 aliphatic rings. The number of nitrogens with zero attached hydrogens (tertiary/aromatic N) is 3. The number of hydrogen-bond acceptors (Lipinski definition) is 5. The van der Waals surface area contributed by atoms with Crippen LogP contribution in [-0.4, -0.2) is 59.6 Å². The van der Waals surface area contributed by atoms with Crippen LogP contribution >= 0.6 is 11.6 Å². The van der Waals surface area contributed by atoms with Crippen molar-refractivity contribution >= 4 is 17.5 Å². The maximum Gasteiger partial charge on any atom is 0.251 e. The number of ether oxygens (including phenoxy) is 1. The van der Waals surface area contributed by atoms with E-state index in [-0.39, 0.29) is 12.0 Å². The van der Waals surface area contributed by atoms with E-state index in [2.05, 4.69) is 9.88 Å². The minimum absolute atomic E-state index is 0.140. The molecule has 26 heavy (non-hydrogen) atoms. The maximum atomic E-state index is 12.4. The van der Waals surface area contributed by atoms with Crippen molar-refractivity contribution < 1.29 is 13.9 Å². The molecule has 2 fully saturated rings. The molecule has 6 nitrogen and oxygen atoms in total. The zero-order valence-electron chi connectivity index (χ0n) is 14.6. The number of amides is 1. The summed E-state index contributed by atoms with van der Waals surface area (Å²) in [5.74, 6) is 1.54. The molecule has 1 aromatic carbocycles. The molecule has 3 heterocycles. The van der Waals surface area contributed by atoms with Gasteiger partial charge in [0, 0.05) is 43.4 Å². The standard InChI is InChI=1S/C19H22ClN3O3/c20-15-4-1-3-14(11-15)17-12-21-18(26-17)13-22-6-8-23(9-7-22)19(24)16-5-2-10-25-16/h1,3-4,11-12,16H,2,5-10,13H2/t16-/m0/s1. The van der Waals surface area contributed by atoms with Crippen molar-refractivity contribution in [2.24, 2.45) is 0 Å². The third-order valence-electron chi connectivity index (χ3n) is 4.91. The zero-order chi connectivity index (χ0) is 17.9. The summed E-state index contributed by atoms with van der Waals surface area (Å²) in [5.41, 5.74) is 0.920. The largest absolute Gasteiger partial charge is 0.439 e. The van der Waals surface area contributed by atoms with E-state index in [4.69, 9.17) is 20.8 Å². The van der Waals surface area contributed by atoms with Crippen molar-refractivity contribution in [3.63, 3.8) is 0 Å². The summed E-state index contributed by atoms with van der Waals surface area (Å²) in [6.07, 6.45) is 3.34. The molecule has 2 saturated heterocycles. The lowest BCUT2D eigenvalue weighted by Crippen LogP contribution is -2.51. The molecule has 0 bridgehead atoms. The van der Waals surface area contributed by atoms with Crippen LogP contribution < -0.4 is 0 Å². The molecule has 2 aliphatic heterocycles. The van der Waals surface area contributed by atoms with E-state index in [0.29, 0.717) is 24.1 Å². The number of benzene rings is 1. The van der Waals surface area contributed by atoms with Crippen molar-refractivity contribution in [2.75, 3.05) is 32.8 Å². The van der Waals surface area contributed by atoms with Crippen molar-refractivity contribution in [3.05, 3.63) is 41.4 Å². The highest BCUT2D eigenvalue weighted by atomic mass is 35.5. The van der Waals surface area contributed by atoms with Crippen molar-refractivity contribution in [1.82, 2.24) is 14.8 Å². The molecule has 0 N–H and O–H groups in total. The summed E-state index contributed by atoms with van der Waals surface area (Å²) in [6, 6.07) is 7.54. The zero-order valence-corrected chi connectivity index (χ0v) is 15.3. The first-order chi connectivity index (χ1) is 12.7. The molecule has 0 radical (unpaired) electrons. The summed E-state index contributed by atoms with van der Waals surface area (Å²) < 4.78 is 11.4. The molecule has 4 rings (SSSR count). The molecule has 138 valence electrons. The summed E-state index contributed by atoms with van der Waals surface area (Å²) in [5, 5.41) is 0.674. The number of hydrogen-bond donors (Lipinski definition) is 0. The minimum atomic E-state index is -0.228. The molecular weight excluding hydrogens is 354 g/mol. The third kappa shape index (κ3) is 3.92. The minimum Gasteiger partial charge on any atom is -0.439 e. The van der Waals surface area contributed by atoms with E-state index >= 15 is 0 Å². The van der Waals surface area contributed by atoms with E-state index in [0.717, 1.165) is 50.3 Å². The molecule has 2 aromatic rings. The van der Waals surface area contributed by atoms with E-state index in [9.17, 15) is 4.79 Å². The highest BCUT2D eigenvalue weighted by Crippen LogP contribution is 2.24. The van der Waals surface area contributed by atoms with E-state index < -0.39 is 0 Å². The van der Waals surface area contributed by atoms with E-state index in [1.54, 1.807) is 6.20 Å². The lowest BCUT2D eigenvalue weighted by molar-refractivity contribution is -0.142. The smallest absolute Gasteiger partial charge is 0.251 e. The average molecular weight is 376 g/mol. The Balaban J connectivity index is 1.31. The second kappa shape index (κ2) is 7.78. The Morgan fingerprint density at radius 1 is 1.27 bits per heavy atom. The monoisotopic (exact) mass is 375 g/mol. The van der Waals surface area contributed by atoms with Gasteiger partial charge in [0.1, 0.15) is 6.10 Å². The molecule has 1 amide bonds. The molecule has 7 heteroatoms. The number of carbonyl (C=O) groups is 1. The predicted molar refractivity (Wildman–Crippen MR) is 97.8 cm³/mol. The van der Waals surface area contributed by atoms with Gasteiger partial charge in [-0.3, -0.25) is 9.69 Å². The van der Waals surface area contributed by atoms with Gasteiger partial charge in [-0.05, 0) is 25.0 Å². The normalized spacial score (nSPS) is 21.3. The average Bonchev–Trinajstić information content (AvgIpc) is 3.34. The van der Waals surface area contributed by atoms with Crippen molar-refractivity contribution in [2.45, 2.75) is 25.5 Å². The van der Waals surface area contributed by atoms with Gasteiger partial charge in [-0.25, -0.2) is 4.98 Å². The summed E-state index contributed by atoms with van der Waals surface area (Å²) in [6.45, 7) is 4.42. The Morgan fingerprint density at radius 2 is 2.12 bits per heavy atom. The van der Waals surface area contributed by atoms with Crippen LogP contribution in [0.1, 0.15) is 18.7 Å². The van der Waals surface area contributed by atoms with Crippen LogP contribution in [-0.2, 0) is 16.1 Å². The van der Waals surface area contributed by atoms with E-state index in [1.807, 2.05) is 29.2 Å². The summed E-state index contributed by atoms with van der Waals surface area (Å²) in [7, 11) is 0. The van der Waals surface area contributed by atoms with Gasteiger partial charge in [-0.15, -0.1) is 0 Å². The Labute approximate surface area is 157 Å². The molecule has 0 spiro atoms. The van der Waals surface area contributed by atoms with Crippen LogP contribution in [0.25, 0.3) is 11.3 Å². The summed E-state index contributed by atoms with van der Waals surface area (Å²) >= 11 is 6.03. The van der Waals surface area contributed by atoms with Gasteiger partial charge in [-0.1, -0.05) is 23.7 Å². The highest BCUT2D eigenvalue weighted by molar-refractivity contribution is 6.30. The van der Waals surface area contributed by atoms with Crippen molar-refractivity contribution in [3.8, 4) is 11.3 Å². The first-order valence-corrected chi connectivity index (χ1v) is 9.40. The fourth-order valence-corrected chi connectivity index (χ4v) is 3.64. The molecule has 1 atom stereocenters. The number of aromatic nitrogens is 1. The number of oxazole rings is 1. The Hall–Kier alpha value is -1.89. The molecule has 0 aliphatic carbocycles. The first-order valence-electron chi connectivity index (χ1n) is 9.02. The fraction of sp³-hybridized carbons (Fsp3) is 0.474. The molecular formula is C19H22ClN3O3. The van der Waals surface area contributed by atoms with Gasteiger partial charge in [0.25, 0.3) is 5.91 Å². The fourth-order valence-electron chi connectivity index (χ4n) is 3.45. The lowest BCUT2D eigenvalue weighted by Gasteiger charge is -2.35. The predicted octanol–water partition coefficient (Wildman–Crippen LogP) is 2.82.